The lowest BCUT2D eigenvalue weighted by molar-refractivity contribution is 0.103. The van der Waals surface area contributed by atoms with E-state index in [1.807, 2.05) is 12.1 Å². The molecule has 4 heteroatoms. The van der Waals surface area contributed by atoms with Crippen LogP contribution in [0.1, 0.15) is 21.6 Å². The largest absolute Gasteiger partial charge is 0.494 e. The molecule has 0 aliphatic carbocycles. The summed E-state index contributed by atoms with van der Waals surface area (Å²) in [5, 5.41) is 0. The number of aromatic nitrogens is 1. The molecular formula is C15H16N2O2. The van der Waals surface area contributed by atoms with Crippen molar-refractivity contribution >= 4 is 5.78 Å². The Morgan fingerprint density at radius 3 is 2.63 bits per heavy atom. The van der Waals surface area contributed by atoms with Crippen molar-refractivity contribution < 1.29 is 9.53 Å². The Morgan fingerprint density at radius 2 is 2.00 bits per heavy atom. The van der Waals surface area contributed by atoms with Crippen LogP contribution in [0.25, 0.3) is 0 Å². The van der Waals surface area contributed by atoms with E-state index in [0.29, 0.717) is 23.6 Å². The minimum Gasteiger partial charge on any atom is -0.494 e. The van der Waals surface area contributed by atoms with Crippen LogP contribution in [0.4, 0.5) is 0 Å². The van der Waals surface area contributed by atoms with Crippen LogP contribution in [0.3, 0.4) is 0 Å². The standard InChI is InChI=1S/C15H16N2O2/c1-19-13-3-2-10-17-14(13)15(18)12-6-4-11(5-7-12)8-9-16/h2-7,10H,8-9,16H2,1H3. The molecule has 2 N–H and O–H groups in total. The summed E-state index contributed by atoms with van der Waals surface area (Å²) in [6, 6.07) is 10.9. The van der Waals surface area contributed by atoms with Crippen molar-refractivity contribution in [2.75, 3.05) is 13.7 Å². The third-order valence-corrected chi connectivity index (χ3v) is 2.85. The molecule has 0 aliphatic rings. The summed E-state index contributed by atoms with van der Waals surface area (Å²) in [6.07, 6.45) is 2.39. The fourth-order valence-corrected chi connectivity index (χ4v) is 1.85. The van der Waals surface area contributed by atoms with E-state index in [2.05, 4.69) is 4.98 Å². The van der Waals surface area contributed by atoms with Gasteiger partial charge in [0.1, 0.15) is 5.75 Å². The minimum atomic E-state index is -0.142. The van der Waals surface area contributed by atoms with Crippen LogP contribution < -0.4 is 10.5 Å². The molecule has 0 saturated carbocycles. The van der Waals surface area contributed by atoms with E-state index in [9.17, 15) is 4.79 Å². The summed E-state index contributed by atoms with van der Waals surface area (Å²) in [4.78, 5) is 16.4. The van der Waals surface area contributed by atoms with Crippen molar-refractivity contribution in [3.05, 3.63) is 59.4 Å². The van der Waals surface area contributed by atoms with Gasteiger partial charge in [0.25, 0.3) is 0 Å². The molecule has 0 bridgehead atoms. The van der Waals surface area contributed by atoms with Gasteiger partial charge in [0.05, 0.1) is 7.11 Å². The van der Waals surface area contributed by atoms with Crippen LogP contribution in [0.5, 0.6) is 5.75 Å². The zero-order valence-electron chi connectivity index (χ0n) is 10.8. The number of nitrogens with zero attached hydrogens (tertiary/aromatic N) is 1. The van der Waals surface area contributed by atoms with Crippen molar-refractivity contribution in [3.63, 3.8) is 0 Å². The fourth-order valence-electron chi connectivity index (χ4n) is 1.85. The lowest BCUT2D eigenvalue weighted by atomic mass is 10.0. The number of ether oxygens (including phenoxy) is 1. The highest BCUT2D eigenvalue weighted by molar-refractivity contribution is 6.09. The highest BCUT2D eigenvalue weighted by Crippen LogP contribution is 2.19. The van der Waals surface area contributed by atoms with Crippen LogP contribution >= 0.6 is 0 Å². The van der Waals surface area contributed by atoms with Crippen molar-refractivity contribution in [2.45, 2.75) is 6.42 Å². The summed E-state index contributed by atoms with van der Waals surface area (Å²) >= 11 is 0. The second kappa shape index (κ2) is 6.11. The van der Waals surface area contributed by atoms with Crippen molar-refractivity contribution in [3.8, 4) is 5.75 Å². The fraction of sp³-hybridized carbons (Fsp3) is 0.200. The Hall–Kier alpha value is -2.20. The summed E-state index contributed by atoms with van der Waals surface area (Å²) in [5.74, 6) is 0.343. The average molecular weight is 256 g/mol. The second-order valence-electron chi connectivity index (χ2n) is 4.12. The summed E-state index contributed by atoms with van der Waals surface area (Å²) in [5.41, 5.74) is 7.54. The van der Waals surface area contributed by atoms with E-state index in [-0.39, 0.29) is 5.78 Å². The topological polar surface area (TPSA) is 65.2 Å². The van der Waals surface area contributed by atoms with Gasteiger partial charge in [-0.05, 0) is 30.7 Å². The van der Waals surface area contributed by atoms with Gasteiger partial charge in [-0.25, -0.2) is 4.98 Å². The first kappa shape index (κ1) is 13.2. The average Bonchev–Trinajstić information content (AvgIpc) is 2.47. The number of ketones is 1. The van der Waals surface area contributed by atoms with Crippen LogP contribution in [-0.4, -0.2) is 24.4 Å². The van der Waals surface area contributed by atoms with Crippen molar-refractivity contribution in [2.24, 2.45) is 5.73 Å². The number of hydrogen-bond acceptors (Lipinski definition) is 4. The monoisotopic (exact) mass is 256 g/mol. The molecule has 0 saturated heterocycles. The normalized spacial score (nSPS) is 10.2. The van der Waals surface area contributed by atoms with Gasteiger partial charge in [-0.1, -0.05) is 24.3 Å². The quantitative estimate of drug-likeness (QED) is 0.829. The zero-order valence-corrected chi connectivity index (χ0v) is 10.8. The zero-order chi connectivity index (χ0) is 13.7. The van der Waals surface area contributed by atoms with Crippen molar-refractivity contribution in [1.82, 2.24) is 4.98 Å². The molecule has 2 aromatic rings. The van der Waals surface area contributed by atoms with Crippen molar-refractivity contribution in [1.29, 1.82) is 0 Å². The molecule has 1 aromatic heterocycles. The Labute approximate surface area is 112 Å². The highest BCUT2D eigenvalue weighted by Gasteiger charge is 2.15. The Kier molecular flexibility index (Phi) is 4.26. The maximum Gasteiger partial charge on any atom is 0.215 e. The van der Waals surface area contributed by atoms with Gasteiger partial charge in [-0.2, -0.15) is 0 Å². The van der Waals surface area contributed by atoms with Gasteiger partial charge in [-0.15, -0.1) is 0 Å². The Bertz CT molecular complexity index is 565. The highest BCUT2D eigenvalue weighted by atomic mass is 16.5. The number of nitrogens with two attached hydrogens (primary N) is 1. The molecule has 1 aromatic carbocycles. The van der Waals surface area contributed by atoms with Crippen LogP contribution in [0.15, 0.2) is 42.6 Å². The molecule has 0 amide bonds. The van der Waals surface area contributed by atoms with Crippen LogP contribution in [0.2, 0.25) is 0 Å². The van der Waals surface area contributed by atoms with Gasteiger partial charge in [0, 0.05) is 11.8 Å². The summed E-state index contributed by atoms with van der Waals surface area (Å²) in [7, 11) is 1.53. The van der Waals surface area contributed by atoms with Gasteiger partial charge in [-0.3, -0.25) is 4.79 Å². The Morgan fingerprint density at radius 1 is 1.26 bits per heavy atom. The minimum absolute atomic E-state index is 0.142. The number of carbonyl (C=O) groups is 1. The van der Waals surface area contributed by atoms with E-state index in [0.717, 1.165) is 12.0 Å². The predicted molar refractivity (Wildman–Crippen MR) is 73.4 cm³/mol. The van der Waals surface area contributed by atoms with E-state index in [1.165, 1.54) is 7.11 Å². The number of hydrogen-bond donors (Lipinski definition) is 1. The molecule has 0 fully saturated rings. The maximum absolute atomic E-state index is 12.3. The molecule has 0 unspecified atom stereocenters. The lowest BCUT2D eigenvalue weighted by Gasteiger charge is -2.06. The molecule has 1 heterocycles. The van der Waals surface area contributed by atoms with E-state index < -0.39 is 0 Å². The first-order valence-corrected chi connectivity index (χ1v) is 6.09. The summed E-state index contributed by atoms with van der Waals surface area (Å²) < 4.78 is 5.15. The third kappa shape index (κ3) is 2.98. The van der Waals surface area contributed by atoms with Crippen LogP contribution in [-0.2, 0) is 6.42 Å². The van der Waals surface area contributed by atoms with Gasteiger partial charge in [0.2, 0.25) is 5.78 Å². The summed E-state index contributed by atoms with van der Waals surface area (Å²) in [6.45, 7) is 0.599. The molecular weight excluding hydrogens is 240 g/mol. The maximum atomic E-state index is 12.3. The van der Waals surface area contributed by atoms with E-state index in [1.54, 1.807) is 30.5 Å². The van der Waals surface area contributed by atoms with Gasteiger partial charge >= 0.3 is 0 Å². The smallest absolute Gasteiger partial charge is 0.215 e. The van der Waals surface area contributed by atoms with E-state index >= 15 is 0 Å². The second-order valence-corrected chi connectivity index (χ2v) is 4.12. The SMILES string of the molecule is COc1cccnc1C(=O)c1ccc(CCN)cc1. The van der Waals surface area contributed by atoms with Gasteiger partial charge in [0.15, 0.2) is 5.69 Å². The molecule has 2 rings (SSSR count). The Balaban J connectivity index is 2.28. The first-order valence-electron chi connectivity index (χ1n) is 6.09. The molecule has 0 aliphatic heterocycles. The molecule has 0 spiro atoms. The number of pyridine rings is 1. The predicted octanol–water partition coefficient (Wildman–Crippen LogP) is 1.82. The molecule has 98 valence electrons. The number of methoxy groups -OCH3 is 1. The lowest BCUT2D eigenvalue weighted by Crippen LogP contribution is -2.07. The molecule has 19 heavy (non-hydrogen) atoms. The number of carbonyl (C=O) groups excluding carboxylic acids is 1. The molecule has 0 radical (unpaired) electrons. The first-order chi connectivity index (χ1) is 9.26. The molecule has 4 nitrogen and oxygen atoms in total. The molecule has 0 atom stereocenters. The number of benzene rings is 1. The van der Waals surface area contributed by atoms with E-state index in [4.69, 9.17) is 10.5 Å². The number of rotatable bonds is 5. The third-order valence-electron chi connectivity index (χ3n) is 2.85. The van der Waals surface area contributed by atoms with Crippen LogP contribution in [0, 0.1) is 0 Å². The van der Waals surface area contributed by atoms with Gasteiger partial charge < -0.3 is 10.5 Å².